The lowest BCUT2D eigenvalue weighted by atomic mass is 9.99. The first-order chi connectivity index (χ1) is 12.2. The van der Waals surface area contributed by atoms with E-state index in [4.69, 9.17) is 0 Å². The van der Waals surface area contributed by atoms with Gasteiger partial charge in [-0.15, -0.1) is 0 Å². The molecule has 1 fully saturated rings. The summed E-state index contributed by atoms with van der Waals surface area (Å²) >= 11 is 0. The number of alkyl halides is 18. The molecule has 1 saturated heterocycles. The molecule has 0 spiro atoms. The molecule has 20 heteroatoms. The Morgan fingerprint density at radius 3 is 1.17 bits per heavy atom. The van der Waals surface area contributed by atoms with E-state index >= 15 is 0 Å². The maximum Gasteiger partial charge on any atom is 0.462 e. The Balaban J connectivity index is 3.35. The van der Waals surface area contributed by atoms with Crippen LogP contribution in [0.15, 0.2) is 0 Å². The highest BCUT2D eigenvalue weighted by atomic mass is 19.4. The average Bonchev–Trinajstić information content (AvgIpc) is 2.97. The van der Waals surface area contributed by atoms with Gasteiger partial charge in [0.1, 0.15) is 0 Å². The normalized spacial score (nSPS) is 27.9. The Bertz CT molecular complexity index is 649. The van der Waals surface area contributed by atoms with Crippen LogP contribution in [0.1, 0.15) is 0 Å². The van der Waals surface area contributed by atoms with Crippen LogP contribution < -0.4 is 5.32 Å². The molecule has 0 aromatic rings. The molecular formula is C9HF18NO. The molecule has 1 heterocycles. The number of ether oxygens (including phenoxy) is 1. The van der Waals surface area contributed by atoms with Gasteiger partial charge in [0.25, 0.3) is 0 Å². The van der Waals surface area contributed by atoms with Crippen molar-refractivity contribution >= 4 is 0 Å². The molecule has 0 saturated carbocycles. The third-order valence-corrected chi connectivity index (χ3v) is 3.28. The van der Waals surface area contributed by atoms with Gasteiger partial charge in [0.2, 0.25) is 0 Å². The van der Waals surface area contributed by atoms with Crippen LogP contribution in [0, 0.1) is 0 Å². The third-order valence-electron chi connectivity index (χ3n) is 3.28. The van der Waals surface area contributed by atoms with E-state index in [0.29, 0.717) is 0 Å². The number of hydrogen-bond acceptors (Lipinski definition) is 2. The molecule has 0 amide bonds. The fraction of sp³-hybridized carbons (Fsp3) is 1.00. The van der Waals surface area contributed by atoms with Crippen molar-refractivity contribution in [1.29, 1.82) is 0 Å². The van der Waals surface area contributed by atoms with Crippen molar-refractivity contribution in [2.24, 2.45) is 0 Å². The van der Waals surface area contributed by atoms with Crippen LogP contribution in [0.3, 0.4) is 0 Å². The van der Waals surface area contributed by atoms with Crippen molar-refractivity contribution in [2.45, 2.75) is 53.9 Å². The molecule has 2 unspecified atom stereocenters. The summed E-state index contributed by atoms with van der Waals surface area (Å²) in [6.45, 7) is 0. The predicted molar refractivity (Wildman–Crippen MR) is 48.7 cm³/mol. The van der Waals surface area contributed by atoms with E-state index in [0.717, 1.165) is 0 Å². The summed E-state index contributed by atoms with van der Waals surface area (Å²) in [5.74, 6) is -43.7. The number of nitrogens with one attached hydrogen (secondary N) is 1. The topological polar surface area (TPSA) is 31.2 Å². The molecule has 174 valence electrons. The van der Waals surface area contributed by atoms with Crippen molar-refractivity contribution in [3.05, 3.63) is 0 Å². The second-order valence-electron chi connectivity index (χ2n) is 5.29. The van der Waals surface area contributed by atoms with Crippen LogP contribution in [0.25, 0.3) is 0 Å². The van der Waals surface area contributed by atoms with E-state index in [1.54, 1.807) is 0 Å². The van der Waals surface area contributed by atoms with Crippen molar-refractivity contribution in [1.82, 2.24) is 5.32 Å². The standard InChI is InChI=1S/C9HF18NO/c10-1(11,3(14,15)6(19,20)21)2(12,13)5(18)9(27,28-5)29-8(25,26)4(16,17)7(22,23)24/h28H. The Hall–Kier alpha value is -1.34. The van der Waals surface area contributed by atoms with E-state index in [9.17, 15) is 79.0 Å². The molecule has 1 aliphatic rings. The van der Waals surface area contributed by atoms with E-state index < -0.39 is 59.2 Å². The van der Waals surface area contributed by atoms with E-state index in [1.807, 2.05) is 4.74 Å². The molecule has 1 aliphatic heterocycles. The summed E-state index contributed by atoms with van der Waals surface area (Å²) in [4.78, 5) is 0. The Morgan fingerprint density at radius 1 is 0.517 bits per heavy atom. The first-order valence-electron chi connectivity index (χ1n) is 6.06. The zero-order chi connectivity index (χ0) is 23.9. The van der Waals surface area contributed by atoms with Gasteiger partial charge in [0.05, 0.1) is 0 Å². The number of hydrogen-bond donors (Lipinski definition) is 1. The zero-order valence-electron chi connectivity index (χ0n) is 12.2. The minimum Gasteiger partial charge on any atom is -0.260 e. The highest BCUT2D eigenvalue weighted by Gasteiger charge is 2.98. The minimum absolute atomic E-state index is 0.596. The van der Waals surface area contributed by atoms with Crippen molar-refractivity contribution < 1.29 is 83.8 Å². The van der Waals surface area contributed by atoms with Crippen molar-refractivity contribution in [2.75, 3.05) is 0 Å². The summed E-state index contributed by atoms with van der Waals surface area (Å²) in [7, 11) is 0. The van der Waals surface area contributed by atoms with Gasteiger partial charge in [-0.3, -0.25) is 4.74 Å². The summed E-state index contributed by atoms with van der Waals surface area (Å²) < 4.78 is 228. The molecule has 0 aromatic carbocycles. The second-order valence-corrected chi connectivity index (χ2v) is 5.29. The van der Waals surface area contributed by atoms with Gasteiger partial charge >= 0.3 is 53.9 Å². The van der Waals surface area contributed by atoms with Crippen LogP contribution in [0.2, 0.25) is 0 Å². The molecule has 29 heavy (non-hydrogen) atoms. The monoisotopic (exact) mass is 481 g/mol. The fourth-order valence-corrected chi connectivity index (χ4v) is 1.56. The molecular weight excluding hydrogens is 480 g/mol. The van der Waals surface area contributed by atoms with Gasteiger partial charge in [-0.2, -0.15) is 74.6 Å². The van der Waals surface area contributed by atoms with Crippen LogP contribution in [0.4, 0.5) is 79.0 Å². The lowest BCUT2D eigenvalue weighted by Gasteiger charge is -2.35. The maximum atomic E-state index is 13.6. The van der Waals surface area contributed by atoms with Crippen molar-refractivity contribution in [3.63, 3.8) is 0 Å². The van der Waals surface area contributed by atoms with Crippen LogP contribution in [-0.2, 0) is 4.74 Å². The predicted octanol–water partition coefficient (Wildman–Crippen LogP) is 5.15. The molecule has 2 nitrogen and oxygen atoms in total. The van der Waals surface area contributed by atoms with Gasteiger partial charge in [-0.25, -0.2) is 9.71 Å². The van der Waals surface area contributed by atoms with Crippen LogP contribution in [0.5, 0.6) is 0 Å². The fourth-order valence-electron chi connectivity index (χ4n) is 1.56. The smallest absolute Gasteiger partial charge is 0.260 e. The Labute approximate surface area is 144 Å². The largest absolute Gasteiger partial charge is 0.462 e. The molecule has 0 aromatic heterocycles. The number of rotatable bonds is 6. The number of halogens is 18. The van der Waals surface area contributed by atoms with Gasteiger partial charge in [0, 0.05) is 0 Å². The lowest BCUT2D eigenvalue weighted by Crippen LogP contribution is -2.66. The minimum atomic E-state index is -7.99. The van der Waals surface area contributed by atoms with E-state index in [2.05, 4.69) is 0 Å². The Morgan fingerprint density at radius 2 is 0.862 bits per heavy atom. The highest BCUT2D eigenvalue weighted by molar-refractivity contribution is 5.22. The first-order valence-corrected chi connectivity index (χ1v) is 6.06. The van der Waals surface area contributed by atoms with Crippen molar-refractivity contribution in [3.8, 4) is 0 Å². The molecule has 0 aliphatic carbocycles. The second kappa shape index (κ2) is 5.88. The van der Waals surface area contributed by atoms with Crippen LogP contribution in [-0.4, -0.2) is 53.9 Å². The average molecular weight is 481 g/mol. The summed E-state index contributed by atoms with van der Waals surface area (Å²) in [6.07, 6.45) is -22.2. The van der Waals surface area contributed by atoms with E-state index in [1.165, 1.54) is 0 Å². The summed E-state index contributed by atoms with van der Waals surface area (Å²) in [5, 5.41) is -0.596. The molecule has 2 atom stereocenters. The Kier molecular flexibility index (Phi) is 5.21. The van der Waals surface area contributed by atoms with E-state index in [-0.39, 0.29) is 0 Å². The SMILES string of the molecule is FC(F)(F)C(F)(F)C(F)(F)OC1(F)NC1(F)C(F)(F)C(F)(F)C(F)(F)C(F)(F)F. The lowest BCUT2D eigenvalue weighted by molar-refractivity contribution is -0.454. The molecule has 1 rings (SSSR count). The van der Waals surface area contributed by atoms with Gasteiger partial charge in [-0.1, -0.05) is 0 Å². The summed E-state index contributed by atoms with van der Waals surface area (Å²) in [5.41, 5.74) is 0. The third kappa shape index (κ3) is 3.16. The zero-order valence-corrected chi connectivity index (χ0v) is 12.2. The van der Waals surface area contributed by atoms with Crippen LogP contribution >= 0.6 is 0 Å². The highest BCUT2D eigenvalue weighted by Crippen LogP contribution is 2.64. The molecule has 0 radical (unpaired) electrons. The quantitative estimate of drug-likeness (QED) is 0.323. The van der Waals surface area contributed by atoms with Gasteiger partial charge in [-0.05, 0) is 0 Å². The maximum absolute atomic E-state index is 13.6. The summed E-state index contributed by atoms with van der Waals surface area (Å²) in [6, 6.07) is 0. The molecule has 1 N–H and O–H groups in total. The van der Waals surface area contributed by atoms with Gasteiger partial charge < -0.3 is 0 Å². The van der Waals surface area contributed by atoms with Gasteiger partial charge in [0.15, 0.2) is 0 Å². The first kappa shape index (κ1) is 25.7. The molecule has 0 bridgehead atoms.